The highest BCUT2D eigenvalue weighted by Crippen LogP contribution is 2.36. The average Bonchev–Trinajstić information content (AvgIpc) is 3.13. The number of anilines is 2. The summed E-state index contributed by atoms with van der Waals surface area (Å²) in [5, 5.41) is 18.8. The summed E-state index contributed by atoms with van der Waals surface area (Å²) >= 11 is 0. The number of rotatable bonds is 17. The minimum absolute atomic E-state index is 0.133. The summed E-state index contributed by atoms with van der Waals surface area (Å²) in [5.74, 6) is 1.84. The molecule has 262 valence electrons. The summed E-state index contributed by atoms with van der Waals surface area (Å²) < 4.78 is 22.5. The van der Waals surface area contributed by atoms with Gasteiger partial charge in [-0.15, -0.1) is 0 Å². The molecule has 10 heteroatoms. The number of benzene rings is 2. The Morgan fingerprint density at radius 3 is 2.23 bits per heavy atom. The fourth-order valence-electron chi connectivity index (χ4n) is 7.57. The van der Waals surface area contributed by atoms with E-state index in [9.17, 15) is 14.7 Å². The molecule has 0 amide bonds. The molecule has 0 bridgehead atoms. The van der Waals surface area contributed by atoms with E-state index in [1.165, 1.54) is 6.42 Å². The van der Waals surface area contributed by atoms with Crippen molar-refractivity contribution < 1.29 is 24.1 Å². The van der Waals surface area contributed by atoms with Gasteiger partial charge in [-0.1, -0.05) is 49.6 Å². The average molecular weight is 664 g/mol. The molecule has 1 aliphatic heterocycles. The van der Waals surface area contributed by atoms with Crippen LogP contribution in [-0.2, 0) is 16.0 Å². The fourth-order valence-corrected chi connectivity index (χ4v) is 7.57. The Morgan fingerprint density at radius 2 is 1.56 bits per heavy atom. The summed E-state index contributed by atoms with van der Waals surface area (Å²) in [6, 6.07) is 15.2. The van der Waals surface area contributed by atoms with E-state index in [1.807, 2.05) is 48.2 Å². The highest BCUT2D eigenvalue weighted by molar-refractivity contribution is 5.75. The third-order valence-corrected chi connectivity index (χ3v) is 10.2. The van der Waals surface area contributed by atoms with Gasteiger partial charge in [0.2, 0.25) is 0 Å². The molecule has 0 radical (unpaired) electrons. The molecule has 3 N–H and O–H groups in total. The predicted molar refractivity (Wildman–Crippen MR) is 189 cm³/mol. The zero-order chi connectivity index (χ0) is 34.0. The Labute approximate surface area is 284 Å². The van der Waals surface area contributed by atoms with E-state index in [-0.39, 0.29) is 24.0 Å². The van der Waals surface area contributed by atoms with Crippen LogP contribution in [0.25, 0.3) is 0 Å². The van der Waals surface area contributed by atoms with E-state index in [4.69, 9.17) is 18.9 Å². The Balaban J connectivity index is 1.31. The SMILES string of the molecule is COCCOC(c1ccccc1)C1CCCN(c2c(N[C@@H](C)[C@@H](O)C(NCc3cc(OC)cc(OC)c3)C3CCCCC3)c(=O)c2=O)C1. The molecular weight excluding hydrogens is 610 g/mol. The second kappa shape index (κ2) is 17.3. The smallest absolute Gasteiger partial charge is 0.253 e. The maximum Gasteiger partial charge on any atom is 0.253 e. The van der Waals surface area contributed by atoms with Crippen LogP contribution in [0.5, 0.6) is 11.5 Å². The molecule has 5 atom stereocenters. The number of methoxy groups -OCH3 is 3. The molecule has 1 saturated heterocycles. The molecule has 5 rings (SSSR count). The van der Waals surface area contributed by atoms with Crippen molar-refractivity contribution in [1.29, 1.82) is 0 Å². The predicted octanol–water partition coefficient (Wildman–Crippen LogP) is 4.82. The van der Waals surface area contributed by atoms with Crippen LogP contribution in [0.1, 0.15) is 69.1 Å². The molecule has 3 aromatic carbocycles. The van der Waals surface area contributed by atoms with Crippen LogP contribution in [0, 0.1) is 11.8 Å². The molecule has 1 aliphatic carbocycles. The van der Waals surface area contributed by atoms with Crippen molar-refractivity contribution in [2.75, 3.05) is 57.8 Å². The summed E-state index contributed by atoms with van der Waals surface area (Å²) in [6.45, 7) is 4.66. The van der Waals surface area contributed by atoms with Gasteiger partial charge in [-0.2, -0.15) is 0 Å². The Bertz CT molecular complexity index is 1480. The molecule has 0 aromatic heterocycles. The number of piperidine rings is 1. The fraction of sp³-hybridized carbons (Fsp3) is 0.579. The highest BCUT2D eigenvalue weighted by Gasteiger charge is 2.37. The normalized spacial score (nSPS) is 19.9. The van der Waals surface area contributed by atoms with E-state index in [2.05, 4.69) is 22.8 Å². The highest BCUT2D eigenvalue weighted by atomic mass is 16.5. The lowest BCUT2D eigenvalue weighted by atomic mass is 9.80. The minimum atomic E-state index is -0.802. The zero-order valence-corrected chi connectivity index (χ0v) is 28.9. The second-order valence-electron chi connectivity index (χ2n) is 13.4. The summed E-state index contributed by atoms with van der Waals surface area (Å²) in [5.41, 5.74) is 1.83. The number of aliphatic hydroxyl groups is 1. The Kier molecular flexibility index (Phi) is 12.9. The van der Waals surface area contributed by atoms with Crippen LogP contribution in [0.2, 0.25) is 0 Å². The molecule has 10 nitrogen and oxygen atoms in total. The van der Waals surface area contributed by atoms with Gasteiger partial charge in [-0.05, 0) is 61.8 Å². The number of nitrogens with one attached hydrogen (secondary N) is 2. The molecule has 3 aromatic rings. The van der Waals surface area contributed by atoms with Gasteiger partial charge in [-0.3, -0.25) is 9.59 Å². The first-order chi connectivity index (χ1) is 23.3. The number of nitrogens with zero attached hydrogens (tertiary/aromatic N) is 1. The molecule has 1 saturated carbocycles. The first kappa shape index (κ1) is 35.9. The standard InChI is InChI=1S/C38H53N3O7/c1-25(35(42)32(27-12-7-5-8-13-27)39-23-26-20-30(46-3)22-31(21-26)47-4)40-33-34(37(44)36(33)43)41-17-11-16-29(24-41)38(48-19-18-45-2)28-14-9-6-10-15-28/h6,9-10,14-15,20-22,25,27,29,32,35,38-40,42H,5,7-8,11-13,16-19,23-24H2,1-4H3/t25-,29?,32?,35+,38?/m0/s1. The van der Waals surface area contributed by atoms with Crippen LogP contribution in [0.15, 0.2) is 58.1 Å². The van der Waals surface area contributed by atoms with Crippen molar-refractivity contribution in [2.24, 2.45) is 11.8 Å². The third-order valence-electron chi connectivity index (χ3n) is 10.2. The maximum absolute atomic E-state index is 13.1. The van der Waals surface area contributed by atoms with Gasteiger partial charge < -0.3 is 39.6 Å². The topological polar surface area (TPSA) is 119 Å². The third kappa shape index (κ3) is 8.58. The second-order valence-corrected chi connectivity index (χ2v) is 13.4. The van der Waals surface area contributed by atoms with Crippen molar-refractivity contribution in [3.63, 3.8) is 0 Å². The summed E-state index contributed by atoms with van der Waals surface area (Å²) in [4.78, 5) is 28.2. The lowest BCUT2D eigenvalue weighted by Gasteiger charge is -2.40. The monoisotopic (exact) mass is 663 g/mol. The van der Waals surface area contributed by atoms with Gasteiger partial charge in [0.05, 0.1) is 45.7 Å². The van der Waals surface area contributed by atoms with Crippen LogP contribution in [0.3, 0.4) is 0 Å². The van der Waals surface area contributed by atoms with Crippen molar-refractivity contribution >= 4 is 11.4 Å². The van der Waals surface area contributed by atoms with E-state index in [0.29, 0.717) is 55.7 Å². The van der Waals surface area contributed by atoms with Crippen molar-refractivity contribution in [1.82, 2.24) is 5.32 Å². The number of aliphatic hydroxyl groups excluding tert-OH is 1. The van der Waals surface area contributed by atoms with E-state index >= 15 is 0 Å². The molecule has 2 aliphatic rings. The van der Waals surface area contributed by atoms with Crippen molar-refractivity contribution in [3.8, 4) is 11.5 Å². The van der Waals surface area contributed by atoms with E-state index < -0.39 is 23.0 Å². The minimum Gasteiger partial charge on any atom is -0.497 e. The van der Waals surface area contributed by atoms with Crippen molar-refractivity contribution in [3.05, 3.63) is 80.1 Å². The quantitative estimate of drug-likeness (QED) is 0.137. The number of ether oxygens (including phenoxy) is 4. The molecular formula is C38H53N3O7. The van der Waals surface area contributed by atoms with Gasteiger partial charge in [0.15, 0.2) is 0 Å². The first-order valence-electron chi connectivity index (χ1n) is 17.5. The van der Waals surface area contributed by atoms with E-state index in [1.54, 1.807) is 21.3 Å². The molecule has 1 heterocycles. The van der Waals surface area contributed by atoms with Gasteiger partial charge >= 0.3 is 0 Å². The molecule has 3 unspecified atom stereocenters. The largest absolute Gasteiger partial charge is 0.497 e. The number of hydrogen-bond acceptors (Lipinski definition) is 10. The summed E-state index contributed by atoms with van der Waals surface area (Å²) in [6.07, 6.45) is 6.38. The zero-order valence-electron chi connectivity index (χ0n) is 28.9. The van der Waals surface area contributed by atoms with Crippen LogP contribution < -0.4 is 35.9 Å². The van der Waals surface area contributed by atoms with Crippen LogP contribution in [-0.4, -0.2) is 70.9 Å². The van der Waals surface area contributed by atoms with Gasteiger partial charge in [0, 0.05) is 44.8 Å². The van der Waals surface area contributed by atoms with Crippen molar-refractivity contribution in [2.45, 2.75) is 82.7 Å². The van der Waals surface area contributed by atoms with E-state index in [0.717, 1.165) is 49.7 Å². The van der Waals surface area contributed by atoms with Gasteiger partial charge in [-0.25, -0.2) is 0 Å². The molecule has 48 heavy (non-hydrogen) atoms. The summed E-state index contributed by atoms with van der Waals surface area (Å²) in [7, 11) is 4.92. The number of hydrogen-bond donors (Lipinski definition) is 3. The Hall–Kier alpha value is -3.44. The lowest BCUT2D eigenvalue weighted by Crippen LogP contribution is -2.54. The van der Waals surface area contributed by atoms with Gasteiger partial charge in [0.25, 0.3) is 10.9 Å². The first-order valence-corrected chi connectivity index (χ1v) is 17.5. The van der Waals surface area contributed by atoms with Gasteiger partial charge in [0.1, 0.15) is 22.9 Å². The Morgan fingerprint density at radius 1 is 0.875 bits per heavy atom. The maximum atomic E-state index is 13.1. The van der Waals surface area contributed by atoms with Crippen LogP contribution >= 0.6 is 0 Å². The lowest BCUT2D eigenvalue weighted by molar-refractivity contribution is -0.0181. The molecule has 2 fully saturated rings. The molecule has 0 spiro atoms. The van der Waals surface area contributed by atoms with Crippen LogP contribution in [0.4, 0.5) is 11.4 Å².